The highest BCUT2D eigenvalue weighted by Gasteiger charge is 2.27. The number of nitrogens with one attached hydrogen (secondary N) is 1. The van der Waals surface area contributed by atoms with Gasteiger partial charge in [-0.25, -0.2) is 0 Å². The van der Waals surface area contributed by atoms with Crippen molar-refractivity contribution >= 4 is 5.91 Å². The summed E-state index contributed by atoms with van der Waals surface area (Å²) in [5.41, 5.74) is 6.43. The normalized spacial score (nSPS) is 27.1. The van der Waals surface area contributed by atoms with Gasteiger partial charge in [0, 0.05) is 18.2 Å². The van der Waals surface area contributed by atoms with E-state index in [1.165, 1.54) is 0 Å². The van der Waals surface area contributed by atoms with Crippen LogP contribution in [-0.4, -0.2) is 37.8 Å². The van der Waals surface area contributed by atoms with Gasteiger partial charge >= 0.3 is 0 Å². The molecule has 1 aliphatic carbocycles. The molecule has 0 aromatic heterocycles. The summed E-state index contributed by atoms with van der Waals surface area (Å²) in [6.07, 6.45) is 5.65. The number of carbonyl (C=O) groups excluding carboxylic acids is 1. The maximum atomic E-state index is 12.3. The smallest absolute Gasteiger partial charge is 0.251 e. The Kier molecular flexibility index (Phi) is 5.51. The van der Waals surface area contributed by atoms with E-state index in [2.05, 4.69) is 5.32 Å². The van der Waals surface area contributed by atoms with Crippen molar-refractivity contribution in [2.45, 2.75) is 44.2 Å². The second kappa shape index (κ2) is 7.79. The molecule has 1 heterocycles. The molecule has 3 N–H and O–H groups in total. The highest BCUT2D eigenvalue weighted by Crippen LogP contribution is 2.25. The van der Waals surface area contributed by atoms with Crippen LogP contribution in [0.15, 0.2) is 24.3 Å². The second-order valence-corrected chi connectivity index (χ2v) is 6.48. The molecule has 0 bridgehead atoms. The van der Waals surface area contributed by atoms with Crippen LogP contribution >= 0.6 is 0 Å². The Balaban J connectivity index is 1.50. The van der Waals surface area contributed by atoms with Crippen molar-refractivity contribution in [1.82, 2.24) is 5.32 Å². The fourth-order valence-electron chi connectivity index (χ4n) is 3.43. The lowest BCUT2D eigenvalue weighted by Crippen LogP contribution is -2.39. The molecule has 1 saturated carbocycles. The maximum absolute atomic E-state index is 12.3. The lowest BCUT2D eigenvalue weighted by Gasteiger charge is -2.19. The lowest BCUT2D eigenvalue weighted by atomic mass is 10.0. The molecule has 3 unspecified atom stereocenters. The molecule has 2 aliphatic rings. The number of nitrogens with two attached hydrogens (primary N) is 1. The Morgan fingerprint density at radius 2 is 2.04 bits per heavy atom. The molecular weight excluding hydrogens is 292 g/mol. The zero-order valence-corrected chi connectivity index (χ0v) is 13.5. The molecule has 1 saturated heterocycles. The van der Waals surface area contributed by atoms with Gasteiger partial charge < -0.3 is 20.5 Å². The summed E-state index contributed by atoms with van der Waals surface area (Å²) in [6, 6.07) is 7.53. The van der Waals surface area contributed by atoms with Crippen molar-refractivity contribution in [3.63, 3.8) is 0 Å². The molecule has 1 amide bonds. The average Bonchev–Trinajstić information content (AvgIpc) is 3.24. The molecular formula is C18H26N2O3. The third kappa shape index (κ3) is 4.24. The first kappa shape index (κ1) is 16.3. The van der Waals surface area contributed by atoms with Gasteiger partial charge in [0.05, 0.1) is 6.10 Å². The van der Waals surface area contributed by atoms with E-state index in [0.717, 1.165) is 44.5 Å². The first-order chi connectivity index (χ1) is 11.3. The van der Waals surface area contributed by atoms with E-state index in [1.54, 1.807) is 0 Å². The number of hydrogen-bond donors (Lipinski definition) is 2. The van der Waals surface area contributed by atoms with Crippen LogP contribution in [0.1, 0.15) is 42.5 Å². The number of ether oxygens (including phenoxy) is 2. The van der Waals surface area contributed by atoms with Gasteiger partial charge in [0.15, 0.2) is 0 Å². The van der Waals surface area contributed by atoms with Gasteiger partial charge in [-0.05, 0) is 62.4 Å². The Bertz CT molecular complexity index is 512. The molecule has 23 heavy (non-hydrogen) atoms. The molecule has 1 aromatic rings. The molecule has 1 aliphatic heterocycles. The summed E-state index contributed by atoms with van der Waals surface area (Å²) < 4.78 is 11.3. The van der Waals surface area contributed by atoms with Gasteiger partial charge in [0.25, 0.3) is 5.91 Å². The minimum Gasteiger partial charge on any atom is -0.491 e. The highest BCUT2D eigenvalue weighted by molar-refractivity contribution is 5.94. The van der Waals surface area contributed by atoms with Crippen molar-refractivity contribution in [3.8, 4) is 5.75 Å². The predicted molar refractivity (Wildman–Crippen MR) is 88.6 cm³/mol. The van der Waals surface area contributed by atoms with Crippen molar-refractivity contribution in [1.29, 1.82) is 0 Å². The van der Waals surface area contributed by atoms with Crippen LogP contribution < -0.4 is 15.8 Å². The Morgan fingerprint density at radius 3 is 2.74 bits per heavy atom. The molecule has 5 nitrogen and oxygen atoms in total. The van der Waals surface area contributed by atoms with Gasteiger partial charge in [-0.1, -0.05) is 6.42 Å². The van der Waals surface area contributed by atoms with Gasteiger partial charge in [-0.2, -0.15) is 0 Å². The van der Waals surface area contributed by atoms with Gasteiger partial charge in [0.1, 0.15) is 12.4 Å². The molecule has 2 fully saturated rings. The van der Waals surface area contributed by atoms with E-state index in [4.69, 9.17) is 15.2 Å². The van der Waals surface area contributed by atoms with Crippen LogP contribution in [0.2, 0.25) is 0 Å². The minimum atomic E-state index is -0.0268. The number of benzene rings is 1. The van der Waals surface area contributed by atoms with Gasteiger partial charge in [-0.3, -0.25) is 4.79 Å². The first-order valence-corrected chi connectivity index (χ1v) is 8.61. The fourth-order valence-corrected chi connectivity index (χ4v) is 3.43. The molecule has 1 aromatic carbocycles. The molecule has 3 rings (SSSR count). The van der Waals surface area contributed by atoms with E-state index in [0.29, 0.717) is 24.6 Å². The zero-order valence-electron chi connectivity index (χ0n) is 13.5. The molecule has 126 valence electrons. The van der Waals surface area contributed by atoms with Crippen LogP contribution in [0, 0.1) is 5.92 Å². The monoisotopic (exact) mass is 318 g/mol. The van der Waals surface area contributed by atoms with Crippen molar-refractivity contribution < 1.29 is 14.3 Å². The van der Waals surface area contributed by atoms with Crippen LogP contribution in [0.4, 0.5) is 0 Å². The Morgan fingerprint density at radius 1 is 1.22 bits per heavy atom. The van der Waals surface area contributed by atoms with E-state index in [9.17, 15) is 4.79 Å². The lowest BCUT2D eigenvalue weighted by molar-refractivity contribution is 0.0679. The van der Waals surface area contributed by atoms with E-state index in [1.807, 2.05) is 24.3 Å². The highest BCUT2D eigenvalue weighted by atomic mass is 16.5. The summed E-state index contributed by atoms with van der Waals surface area (Å²) in [5, 5.41) is 3.11. The van der Waals surface area contributed by atoms with Gasteiger partial charge in [0.2, 0.25) is 0 Å². The predicted octanol–water partition coefficient (Wildman–Crippen LogP) is 2.10. The number of amides is 1. The standard InChI is InChI=1S/C18H26N2O3/c19-11-14-3-1-5-17(14)20-18(21)13-6-8-15(9-7-13)23-12-16-4-2-10-22-16/h6-9,14,16-17H,1-5,10-12,19H2,(H,20,21). The molecule has 0 radical (unpaired) electrons. The van der Waals surface area contributed by atoms with Crippen molar-refractivity contribution in [2.75, 3.05) is 19.8 Å². The van der Waals surface area contributed by atoms with E-state index in [-0.39, 0.29) is 18.1 Å². The summed E-state index contributed by atoms with van der Waals surface area (Å²) in [6.45, 7) is 2.05. The number of hydrogen-bond acceptors (Lipinski definition) is 4. The summed E-state index contributed by atoms with van der Waals surface area (Å²) in [5.74, 6) is 1.16. The number of rotatable bonds is 6. The zero-order chi connectivity index (χ0) is 16.1. The summed E-state index contributed by atoms with van der Waals surface area (Å²) in [7, 11) is 0. The third-order valence-electron chi connectivity index (χ3n) is 4.85. The van der Waals surface area contributed by atoms with Crippen molar-refractivity contribution in [3.05, 3.63) is 29.8 Å². The summed E-state index contributed by atoms with van der Waals surface area (Å²) >= 11 is 0. The molecule has 3 atom stereocenters. The van der Waals surface area contributed by atoms with Crippen LogP contribution in [0.5, 0.6) is 5.75 Å². The SMILES string of the molecule is NCC1CCCC1NC(=O)c1ccc(OCC2CCCO2)cc1. The van der Waals surface area contributed by atoms with Gasteiger partial charge in [-0.15, -0.1) is 0 Å². The Labute approximate surface area is 137 Å². The van der Waals surface area contributed by atoms with Crippen LogP contribution in [0.3, 0.4) is 0 Å². The maximum Gasteiger partial charge on any atom is 0.251 e. The van der Waals surface area contributed by atoms with E-state index < -0.39 is 0 Å². The van der Waals surface area contributed by atoms with Crippen LogP contribution in [0.25, 0.3) is 0 Å². The van der Waals surface area contributed by atoms with E-state index >= 15 is 0 Å². The largest absolute Gasteiger partial charge is 0.491 e. The Hall–Kier alpha value is -1.59. The fraction of sp³-hybridized carbons (Fsp3) is 0.611. The molecule has 5 heteroatoms. The quantitative estimate of drug-likeness (QED) is 0.842. The molecule has 0 spiro atoms. The topological polar surface area (TPSA) is 73.6 Å². The minimum absolute atomic E-state index is 0.0268. The number of carbonyl (C=O) groups is 1. The van der Waals surface area contributed by atoms with Crippen molar-refractivity contribution in [2.24, 2.45) is 11.7 Å². The second-order valence-electron chi connectivity index (χ2n) is 6.48. The van der Waals surface area contributed by atoms with Crippen LogP contribution in [-0.2, 0) is 4.74 Å². The average molecular weight is 318 g/mol. The summed E-state index contributed by atoms with van der Waals surface area (Å²) in [4.78, 5) is 12.3. The first-order valence-electron chi connectivity index (χ1n) is 8.61. The third-order valence-corrected chi connectivity index (χ3v) is 4.85.